The predicted octanol–water partition coefficient (Wildman–Crippen LogP) is 3.97. The molecule has 0 spiro atoms. The third kappa shape index (κ3) is 4.11. The van der Waals surface area contributed by atoms with Gasteiger partial charge in [-0.05, 0) is 37.7 Å². The number of aromatic carboxylic acids is 1. The molecule has 1 heterocycles. The van der Waals surface area contributed by atoms with E-state index in [-0.39, 0.29) is 16.7 Å². The molecule has 0 bridgehead atoms. The van der Waals surface area contributed by atoms with Crippen molar-refractivity contribution < 1.29 is 14.7 Å². The van der Waals surface area contributed by atoms with Gasteiger partial charge in [0.2, 0.25) is 5.91 Å². The van der Waals surface area contributed by atoms with Crippen molar-refractivity contribution in [1.29, 1.82) is 0 Å². The number of amides is 1. The van der Waals surface area contributed by atoms with Crippen LogP contribution in [-0.4, -0.2) is 17.0 Å². The molecule has 0 atom stereocenters. The number of nitrogens with one attached hydrogen (secondary N) is 1. The quantitative estimate of drug-likeness (QED) is 0.828. The number of carboxylic acids is 1. The van der Waals surface area contributed by atoms with Gasteiger partial charge >= 0.3 is 5.97 Å². The first-order chi connectivity index (χ1) is 10.5. The molecule has 0 aliphatic heterocycles. The summed E-state index contributed by atoms with van der Waals surface area (Å²) < 4.78 is 0. The molecule has 0 saturated heterocycles. The highest BCUT2D eigenvalue weighted by atomic mass is 32.1. The second-order valence-corrected chi connectivity index (χ2v) is 6.81. The fourth-order valence-electron chi connectivity index (χ4n) is 2.64. The summed E-state index contributed by atoms with van der Waals surface area (Å²) in [5.41, 5.74) is 0.376. The van der Waals surface area contributed by atoms with Gasteiger partial charge in [0, 0.05) is 12.3 Å². The molecule has 1 saturated carbocycles. The molecule has 0 aromatic carbocycles. The molecule has 0 radical (unpaired) electrons. The van der Waals surface area contributed by atoms with Crippen LogP contribution < -0.4 is 5.32 Å². The number of carbonyl (C=O) groups excluding carboxylic acids is 1. The Hall–Kier alpha value is -1.80. The normalized spacial score (nSPS) is 20.8. The van der Waals surface area contributed by atoms with Crippen molar-refractivity contribution in [2.75, 3.05) is 5.32 Å². The van der Waals surface area contributed by atoms with E-state index in [9.17, 15) is 14.7 Å². The highest BCUT2D eigenvalue weighted by molar-refractivity contribution is 7.15. The van der Waals surface area contributed by atoms with Gasteiger partial charge in [0.1, 0.15) is 4.88 Å². The molecule has 1 aliphatic carbocycles. The Morgan fingerprint density at radius 2 is 2.05 bits per heavy atom. The summed E-state index contributed by atoms with van der Waals surface area (Å²) in [6.45, 7) is 4.14. The van der Waals surface area contributed by atoms with Gasteiger partial charge in [0.05, 0.1) is 10.6 Å². The van der Waals surface area contributed by atoms with Crippen LogP contribution in [0.3, 0.4) is 0 Å². The standard InChI is InChI=1S/C17H21NO3S/c1-3-4-5-13-10-14(15(22-13)17(20)21)18-16(19)12-8-6-11(2)7-9-12/h10-12H,3,6-9H2,1-2H3,(H,18,19)(H,20,21). The van der Waals surface area contributed by atoms with Crippen LogP contribution in [0.1, 0.15) is 60.5 Å². The van der Waals surface area contributed by atoms with Crippen LogP contribution in [0.2, 0.25) is 0 Å². The van der Waals surface area contributed by atoms with Gasteiger partial charge in [-0.1, -0.05) is 25.7 Å². The molecule has 1 aromatic heterocycles. The number of carboxylic acid groups (broad SMARTS) is 1. The van der Waals surface area contributed by atoms with Crippen LogP contribution in [-0.2, 0) is 4.79 Å². The minimum atomic E-state index is -1.03. The molecule has 118 valence electrons. The lowest BCUT2D eigenvalue weighted by molar-refractivity contribution is -0.121. The topological polar surface area (TPSA) is 66.4 Å². The summed E-state index contributed by atoms with van der Waals surface area (Å²) in [5, 5.41) is 12.1. The number of rotatable bonds is 3. The van der Waals surface area contributed by atoms with Crippen molar-refractivity contribution in [2.45, 2.75) is 46.0 Å². The van der Waals surface area contributed by atoms with E-state index in [1.165, 1.54) is 0 Å². The average Bonchev–Trinajstić information content (AvgIpc) is 2.89. The summed E-state index contributed by atoms with van der Waals surface area (Å²) >= 11 is 1.11. The Bertz CT molecular complexity index is 616. The summed E-state index contributed by atoms with van der Waals surface area (Å²) in [5.74, 6) is 5.41. The minimum Gasteiger partial charge on any atom is -0.477 e. The maximum atomic E-state index is 12.3. The van der Waals surface area contributed by atoms with Crippen LogP contribution in [0.4, 0.5) is 5.69 Å². The fraction of sp³-hybridized carbons (Fsp3) is 0.529. The van der Waals surface area contributed by atoms with Gasteiger partial charge in [-0.2, -0.15) is 0 Å². The van der Waals surface area contributed by atoms with Crippen LogP contribution >= 0.6 is 11.3 Å². The summed E-state index contributed by atoms with van der Waals surface area (Å²) in [7, 11) is 0. The van der Waals surface area contributed by atoms with E-state index in [1.807, 2.05) is 6.92 Å². The second kappa shape index (κ2) is 7.46. The number of hydrogen-bond donors (Lipinski definition) is 2. The second-order valence-electron chi connectivity index (χ2n) is 5.76. The molecule has 1 amide bonds. The molecule has 1 aliphatic rings. The lowest BCUT2D eigenvalue weighted by Crippen LogP contribution is -2.27. The number of hydrogen-bond acceptors (Lipinski definition) is 3. The van der Waals surface area contributed by atoms with Crippen LogP contribution in [0, 0.1) is 23.7 Å². The summed E-state index contributed by atoms with van der Waals surface area (Å²) in [6, 6.07) is 1.67. The monoisotopic (exact) mass is 319 g/mol. The lowest BCUT2D eigenvalue weighted by atomic mass is 9.82. The van der Waals surface area contributed by atoms with Crippen LogP contribution in [0.5, 0.6) is 0 Å². The molecule has 2 N–H and O–H groups in total. The van der Waals surface area contributed by atoms with Gasteiger partial charge in [-0.15, -0.1) is 11.3 Å². The van der Waals surface area contributed by atoms with Gasteiger partial charge in [-0.3, -0.25) is 4.79 Å². The van der Waals surface area contributed by atoms with Crippen molar-refractivity contribution >= 4 is 28.9 Å². The number of carbonyl (C=O) groups is 2. The SMILES string of the molecule is CCC#Cc1cc(NC(=O)C2CCC(C)CC2)c(C(=O)O)s1. The van der Waals surface area contributed by atoms with Crippen molar-refractivity contribution in [2.24, 2.45) is 11.8 Å². The number of thiophene rings is 1. The highest BCUT2D eigenvalue weighted by Gasteiger charge is 2.26. The van der Waals surface area contributed by atoms with E-state index in [4.69, 9.17) is 0 Å². The van der Waals surface area contributed by atoms with E-state index >= 15 is 0 Å². The zero-order valence-corrected chi connectivity index (χ0v) is 13.8. The Kier molecular flexibility index (Phi) is 5.62. The molecule has 0 unspecified atom stereocenters. The Balaban J connectivity index is 2.12. The third-order valence-electron chi connectivity index (χ3n) is 3.96. The lowest BCUT2D eigenvalue weighted by Gasteiger charge is -2.25. The van der Waals surface area contributed by atoms with Gasteiger partial charge in [-0.25, -0.2) is 4.79 Å². The summed E-state index contributed by atoms with van der Waals surface area (Å²) in [6.07, 6.45) is 4.58. The molecule has 4 nitrogen and oxygen atoms in total. The zero-order chi connectivity index (χ0) is 16.1. The van der Waals surface area contributed by atoms with Crippen molar-refractivity contribution in [3.63, 3.8) is 0 Å². The Morgan fingerprint density at radius 3 is 2.64 bits per heavy atom. The molecule has 1 fully saturated rings. The zero-order valence-electron chi connectivity index (χ0n) is 12.9. The van der Waals surface area contributed by atoms with E-state index in [1.54, 1.807) is 6.07 Å². The van der Waals surface area contributed by atoms with Crippen LogP contribution in [0.15, 0.2) is 6.07 Å². The first-order valence-electron chi connectivity index (χ1n) is 7.68. The molecular formula is C17H21NO3S. The average molecular weight is 319 g/mol. The molecule has 5 heteroatoms. The molecule has 2 rings (SSSR count). The maximum absolute atomic E-state index is 12.3. The van der Waals surface area contributed by atoms with E-state index in [2.05, 4.69) is 24.1 Å². The maximum Gasteiger partial charge on any atom is 0.348 e. The summed E-state index contributed by atoms with van der Waals surface area (Å²) in [4.78, 5) is 24.5. The number of anilines is 1. The molecule has 1 aromatic rings. The molecule has 22 heavy (non-hydrogen) atoms. The first-order valence-corrected chi connectivity index (χ1v) is 8.49. The van der Waals surface area contributed by atoms with Crippen LogP contribution in [0.25, 0.3) is 0 Å². The smallest absolute Gasteiger partial charge is 0.348 e. The third-order valence-corrected chi connectivity index (χ3v) is 5.00. The van der Waals surface area contributed by atoms with Crippen molar-refractivity contribution in [1.82, 2.24) is 0 Å². The van der Waals surface area contributed by atoms with E-state index in [0.717, 1.165) is 37.0 Å². The van der Waals surface area contributed by atoms with Gasteiger partial charge < -0.3 is 10.4 Å². The Labute approximate surface area is 134 Å². The first kappa shape index (κ1) is 16.6. The van der Waals surface area contributed by atoms with E-state index in [0.29, 0.717) is 22.9 Å². The van der Waals surface area contributed by atoms with Crippen molar-refractivity contribution in [3.8, 4) is 11.8 Å². The largest absolute Gasteiger partial charge is 0.477 e. The van der Waals surface area contributed by atoms with Gasteiger partial charge in [0.15, 0.2) is 0 Å². The highest BCUT2D eigenvalue weighted by Crippen LogP contribution is 2.31. The predicted molar refractivity (Wildman–Crippen MR) is 88.2 cm³/mol. The van der Waals surface area contributed by atoms with E-state index < -0.39 is 5.97 Å². The molecular weight excluding hydrogens is 298 g/mol. The van der Waals surface area contributed by atoms with Crippen molar-refractivity contribution in [3.05, 3.63) is 15.8 Å². The fourth-order valence-corrected chi connectivity index (χ4v) is 3.46. The van der Waals surface area contributed by atoms with Gasteiger partial charge in [0.25, 0.3) is 0 Å². The minimum absolute atomic E-state index is 0.0112. The Morgan fingerprint density at radius 1 is 1.36 bits per heavy atom.